The van der Waals surface area contributed by atoms with E-state index in [0.717, 1.165) is 23.4 Å². The van der Waals surface area contributed by atoms with Crippen LogP contribution in [0.25, 0.3) is 0 Å². The van der Waals surface area contributed by atoms with Gasteiger partial charge in [-0.05, 0) is 42.3 Å². The van der Waals surface area contributed by atoms with E-state index in [1.54, 1.807) is 0 Å². The molecule has 0 amide bonds. The van der Waals surface area contributed by atoms with E-state index in [0.29, 0.717) is 30.5 Å². The van der Waals surface area contributed by atoms with E-state index in [4.69, 9.17) is 21.1 Å². The minimum absolute atomic E-state index is 0.607. The monoisotopic (exact) mass is 303 g/mol. The third-order valence-electron chi connectivity index (χ3n) is 3.38. The van der Waals surface area contributed by atoms with Gasteiger partial charge in [-0.25, -0.2) is 0 Å². The zero-order chi connectivity index (χ0) is 14.7. The molecule has 0 aliphatic carbocycles. The first kappa shape index (κ1) is 14.1. The largest absolute Gasteiger partial charge is 0.489 e. The fraction of sp³-hybridized carbons (Fsp3) is 0.294. The lowest BCUT2D eigenvalue weighted by molar-refractivity contribution is 0.297. The molecule has 0 aromatic heterocycles. The molecule has 2 aromatic carbocycles. The van der Waals surface area contributed by atoms with E-state index >= 15 is 0 Å². The average Bonchev–Trinajstić information content (AvgIpc) is 2.71. The molecule has 1 aliphatic rings. The van der Waals surface area contributed by atoms with Crippen molar-refractivity contribution in [1.82, 2.24) is 0 Å². The number of fused-ring (bicyclic) bond motifs is 1. The molecule has 1 N–H and O–H groups in total. The second kappa shape index (κ2) is 6.27. The van der Waals surface area contributed by atoms with Crippen LogP contribution in [-0.4, -0.2) is 13.2 Å². The van der Waals surface area contributed by atoms with Crippen LogP contribution in [0.1, 0.15) is 17.5 Å². The minimum Gasteiger partial charge on any atom is -0.489 e. The summed E-state index contributed by atoms with van der Waals surface area (Å²) in [5, 5.41) is 4.00. The summed E-state index contributed by atoms with van der Waals surface area (Å²) in [5.74, 6) is 1.40. The molecule has 3 nitrogen and oxygen atoms in total. The Hall–Kier alpha value is -1.87. The first-order chi connectivity index (χ1) is 10.2. The molecule has 0 fully saturated rings. The summed E-state index contributed by atoms with van der Waals surface area (Å²) in [6.45, 7) is 4.08. The van der Waals surface area contributed by atoms with Crippen molar-refractivity contribution < 1.29 is 9.47 Å². The molecular weight excluding hydrogens is 286 g/mol. The standard InChI is InChI=1S/C17H18ClNO2/c1-12-4-2-5-14(8-12)19-11-13-9-15(18)17-16(10-13)20-6-3-7-21-17/h2,4-5,8-10,19H,3,6-7,11H2,1H3. The van der Waals surface area contributed by atoms with Crippen LogP contribution in [0.3, 0.4) is 0 Å². The number of anilines is 1. The van der Waals surface area contributed by atoms with Gasteiger partial charge in [0.2, 0.25) is 0 Å². The van der Waals surface area contributed by atoms with Gasteiger partial charge in [-0.3, -0.25) is 0 Å². The van der Waals surface area contributed by atoms with Crippen LogP contribution in [0.15, 0.2) is 36.4 Å². The number of benzene rings is 2. The smallest absolute Gasteiger partial charge is 0.179 e. The molecule has 0 spiro atoms. The minimum atomic E-state index is 0.607. The van der Waals surface area contributed by atoms with Gasteiger partial charge in [0.25, 0.3) is 0 Å². The number of nitrogens with one attached hydrogen (secondary N) is 1. The SMILES string of the molecule is Cc1cccc(NCc2cc(Cl)c3c(c2)OCCCO3)c1. The van der Waals surface area contributed by atoms with Crippen molar-refractivity contribution in [3.8, 4) is 11.5 Å². The molecule has 1 heterocycles. The van der Waals surface area contributed by atoms with Crippen LogP contribution in [0.2, 0.25) is 5.02 Å². The molecule has 0 unspecified atom stereocenters. The second-order valence-corrected chi connectivity index (χ2v) is 5.59. The van der Waals surface area contributed by atoms with Crippen LogP contribution in [0, 0.1) is 6.92 Å². The molecule has 0 radical (unpaired) electrons. The topological polar surface area (TPSA) is 30.5 Å². The Labute approximate surface area is 129 Å². The summed E-state index contributed by atoms with van der Waals surface area (Å²) in [6, 6.07) is 12.2. The summed E-state index contributed by atoms with van der Waals surface area (Å²) in [7, 11) is 0. The van der Waals surface area contributed by atoms with E-state index in [1.807, 2.05) is 18.2 Å². The zero-order valence-corrected chi connectivity index (χ0v) is 12.7. The van der Waals surface area contributed by atoms with Crippen molar-refractivity contribution >= 4 is 17.3 Å². The molecule has 110 valence electrons. The molecule has 21 heavy (non-hydrogen) atoms. The fourth-order valence-corrected chi connectivity index (χ4v) is 2.63. The van der Waals surface area contributed by atoms with Crippen molar-refractivity contribution in [2.24, 2.45) is 0 Å². The van der Waals surface area contributed by atoms with Gasteiger partial charge >= 0.3 is 0 Å². The molecular formula is C17H18ClNO2. The van der Waals surface area contributed by atoms with Crippen LogP contribution in [0.5, 0.6) is 11.5 Å². The van der Waals surface area contributed by atoms with E-state index in [2.05, 4.69) is 30.4 Å². The summed E-state index contributed by atoms with van der Waals surface area (Å²) < 4.78 is 11.3. The van der Waals surface area contributed by atoms with E-state index in [-0.39, 0.29) is 0 Å². The predicted molar refractivity (Wildman–Crippen MR) is 85.6 cm³/mol. The normalized spacial score (nSPS) is 13.6. The zero-order valence-electron chi connectivity index (χ0n) is 12.0. The molecule has 0 saturated carbocycles. The maximum Gasteiger partial charge on any atom is 0.179 e. The molecule has 0 atom stereocenters. The van der Waals surface area contributed by atoms with Gasteiger partial charge in [0.05, 0.1) is 18.2 Å². The third-order valence-corrected chi connectivity index (χ3v) is 3.66. The highest BCUT2D eigenvalue weighted by Crippen LogP contribution is 2.38. The van der Waals surface area contributed by atoms with E-state index in [1.165, 1.54) is 5.56 Å². The molecule has 0 saturated heterocycles. The number of ether oxygens (including phenoxy) is 2. The number of halogens is 1. The Morgan fingerprint density at radius 3 is 2.86 bits per heavy atom. The Morgan fingerprint density at radius 1 is 1.14 bits per heavy atom. The summed E-state index contributed by atoms with van der Waals surface area (Å²) in [6.07, 6.45) is 0.877. The Kier molecular flexibility index (Phi) is 4.20. The predicted octanol–water partition coefficient (Wildman–Crippen LogP) is 4.42. The fourth-order valence-electron chi connectivity index (χ4n) is 2.35. The van der Waals surface area contributed by atoms with Gasteiger partial charge in [-0.2, -0.15) is 0 Å². The second-order valence-electron chi connectivity index (χ2n) is 5.18. The maximum atomic E-state index is 6.29. The van der Waals surface area contributed by atoms with Crippen molar-refractivity contribution in [2.45, 2.75) is 19.9 Å². The highest BCUT2D eigenvalue weighted by Gasteiger charge is 2.15. The third kappa shape index (κ3) is 3.42. The Bertz CT molecular complexity index is 643. The average molecular weight is 304 g/mol. The molecule has 4 heteroatoms. The van der Waals surface area contributed by atoms with Crippen molar-refractivity contribution in [1.29, 1.82) is 0 Å². The van der Waals surface area contributed by atoms with Crippen LogP contribution < -0.4 is 14.8 Å². The van der Waals surface area contributed by atoms with Crippen LogP contribution in [-0.2, 0) is 6.54 Å². The highest BCUT2D eigenvalue weighted by atomic mass is 35.5. The van der Waals surface area contributed by atoms with Gasteiger partial charge in [0, 0.05) is 18.7 Å². The van der Waals surface area contributed by atoms with Crippen LogP contribution >= 0.6 is 11.6 Å². The van der Waals surface area contributed by atoms with Gasteiger partial charge in [0.1, 0.15) is 0 Å². The molecule has 3 rings (SSSR count). The van der Waals surface area contributed by atoms with Gasteiger partial charge in [-0.15, -0.1) is 0 Å². The molecule has 2 aromatic rings. The van der Waals surface area contributed by atoms with Gasteiger partial charge < -0.3 is 14.8 Å². The quantitative estimate of drug-likeness (QED) is 0.910. The number of aryl methyl sites for hydroxylation is 1. The summed E-state index contributed by atoms with van der Waals surface area (Å²) in [5.41, 5.74) is 3.40. The number of rotatable bonds is 3. The van der Waals surface area contributed by atoms with E-state index < -0.39 is 0 Å². The highest BCUT2D eigenvalue weighted by molar-refractivity contribution is 6.32. The Morgan fingerprint density at radius 2 is 2.00 bits per heavy atom. The summed E-state index contributed by atoms with van der Waals surface area (Å²) in [4.78, 5) is 0. The van der Waals surface area contributed by atoms with Crippen molar-refractivity contribution in [3.63, 3.8) is 0 Å². The first-order valence-electron chi connectivity index (χ1n) is 7.11. The maximum absolute atomic E-state index is 6.29. The lowest BCUT2D eigenvalue weighted by Crippen LogP contribution is -2.01. The van der Waals surface area contributed by atoms with Gasteiger partial charge in [0.15, 0.2) is 11.5 Å². The van der Waals surface area contributed by atoms with Gasteiger partial charge in [-0.1, -0.05) is 23.7 Å². The number of hydrogen-bond donors (Lipinski definition) is 1. The summed E-state index contributed by atoms with van der Waals surface area (Å²) >= 11 is 6.29. The molecule has 1 aliphatic heterocycles. The lowest BCUT2D eigenvalue weighted by Gasteiger charge is -2.13. The first-order valence-corrected chi connectivity index (χ1v) is 7.49. The van der Waals surface area contributed by atoms with Crippen molar-refractivity contribution in [2.75, 3.05) is 18.5 Å². The van der Waals surface area contributed by atoms with Crippen molar-refractivity contribution in [3.05, 3.63) is 52.5 Å². The molecule has 0 bridgehead atoms. The van der Waals surface area contributed by atoms with E-state index in [9.17, 15) is 0 Å². The van der Waals surface area contributed by atoms with Crippen LogP contribution in [0.4, 0.5) is 5.69 Å². The number of hydrogen-bond acceptors (Lipinski definition) is 3. The Balaban J connectivity index is 1.77. The lowest BCUT2D eigenvalue weighted by atomic mass is 10.1.